The standard InChI is InChI=1S/C15H21BrClNO2/c16-14-8-11(17)6-7-15(14)18-9-12(19)10-20-13-4-2-1-3-5-13/h6-8,12-13,18-19H,1-5,9-10H2. The van der Waals surface area contributed by atoms with Crippen LogP contribution < -0.4 is 5.32 Å². The van der Waals surface area contributed by atoms with Gasteiger partial charge in [0.25, 0.3) is 0 Å². The summed E-state index contributed by atoms with van der Waals surface area (Å²) in [4.78, 5) is 0. The summed E-state index contributed by atoms with van der Waals surface area (Å²) >= 11 is 9.33. The highest BCUT2D eigenvalue weighted by Gasteiger charge is 2.15. The van der Waals surface area contributed by atoms with Crippen molar-refractivity contribution in [3.8, 4) is 0 Å². The Morgan fingerprint density at radius 2 is 2.10 bits per heavy atom. The molecule has 0 amide bonds. The number of aliphatic hydroxyl groups excluding tert-OH is 1. The molecule has 1 aliphatic rings. The minimum atomic E-state index is -0.500. The summed E-state index contributed by atoms with van der Waals surface area (Å²) in [5.41, 5.74) is 0.922. The van der Waals surface area contributed by atoms with Crippen molar-refractivity contribution in [1.29, 1.82) is 0 Å². The van der Waals surface area contributed by atoms with Gasteiger partial charge in [-0.2, -0.15) is 0 Å². The van der Waals surface area contributed by atoms with Crippen LogP contribution in [0.4, 0.5) is 5.69 Å². The lowest BCUT2D eigenvalue weighted by Crippen LogP contribution is -2.28. The molecule has 1 aromatic rings. The Kier molecular flexibility index (Phi) is 6.62. The van der Waals surface area contributed by atoms with E-state index >= 15 is 0 Å². The van der Waals surface area contributed by atoms with Crippen molar-refractivity contribution in [2.45, 2.75) is 44.3 Å². The van der Waals surface area contributed by atoms with Crippen LogP contribution in [0.2, 0.25) is 5.02 Å². The van der Waals surface area contributed by atoms with Crippen LogP contribution >= 0.6 is 27.5 Å². The number of benzene rings is 1. The van der Waals surface area contributed by atoms with Gasteiger partial charge in [-0.05, 0) is 47.0 Å². The van der Waals surface area contributed by atoms with Crippen LogP contribution in [0, 0.1) is 0 Å². The number of aliphatic hydroxyl groups is 1. The zero-order chi connectivity index (χ0) is 14.4. The molecule has 2 N–H and O–H groups in total. The van der Waals surface area contributed by atoms with Crippen molar-refractivity contribution in [2.24, 2.45) is 0 Å². The highest BCUT2D eigenvalue weighted by Crippen LogP contribution is 2.26. The van der Waals surface area contributed by atoms with Crippen molar-refractivity contribution >= 4 is 33.2 Å². The molecule has 0 radical (unpaired) electrons. The van der Waals surface area contributed by atoms with Crippen molar-refractivity contribution in [3.05, 3.63) is 27.7 Å². The molecule has 1 saturated carbocycles. The van der Waals surface area contributed by atoms with Crippen LogP contribution in [0.15, 0.2) is 22.7 Å². The molecule has 1 atom stereocenters. The second-order valence-electron chi connectivity index (χ2n) is 5.25. The van der Waals surface area contributed by atoms with E-state index in [2.05, 4.69) is 21.2 Å². The van der Waals surface area contributed by atoms with E-state index in [0.29, 0.717) is 24.3 Å². The van der Waals surface area contributed by atoms with Gasteiger partial charge in [-0.1, -0.05) is 30.9 Å². The van der Waals surface area contributed by atoms with Crippen molar-refractivity contribution in [1.82, 2.24) is 0 Å². The molecule has 5 heteroatoms. The van der Waals surface area contributed by atoms with Gasteiger partial charge in [-0.15, -0.1) is 0 Å². The first kappa shape index (κ1) is 16.1. The van der Waals surface area contributed by atoms with E-state index in [4.69, 9.17) is 16.3 Å². The van der Waals surface area contributed by atoms with Crippen LogP contribution in [0.25, 0.3) is 0 Å². The van der Waals surface area contributed by atoms with E-state index in [1.165, 1.54) is 19.3 Å². The number of hydrogen-bond donors (Lipinski definition) is 2. The smallest absolute Gasteiger partial charge is 0.0945 e. The summed E-state index contributed by atoms with van der Waals surface area (Å²) in [5.74, 6) is 0. The Balaban J connectivity index is 1.70. The molecule has 1 unspecified atom stereocenters. The predicted octanol–water partition coefficient (Wildman–Crippen LogP) is 4.22. The first-order valence-corrected chi connectivity index (χ1v) is 8.31. The molecular formula is C15H21BrClNO2. The fourth-order valence-corrected chi connectivity index (χ4v) is 3.22. The summed E-state index contributed by atoms with van der Waals surface area (Å²) in [6.45, 7) is 0.857. The van der Waals surface area contributed by atoms with Crippen LogP contribution in [0.3, 0.4) is 0 Å². The molecule has 112 valence electrons. The minimum absolute atomic E-state index is 0.334. The van der Waals surface area contributed by atoms with Gasteiger partial charge >= 0.3 is 0 Å². The maximum Gasteiger partial charge on any atom is 0.0945 e. The molecule has 1 fully saturated rings. The molecule has 1 aromatic carbocycles. The predicted molar refractivity (Wildman–Crippen MR) is 86.5 cm³/mol. The summed E-state index contributed by atoms with van der Waals surface area (Å²) < 4.78 is 6.65. The fourth-order valence-electron chi connectivity index (χ4n) is 2.40. The largest absolute Gasteiger partial charge is 0.389 e. The number of ether oxygens (including phenoxy) is 1. The molecule has 0 aliphatic heterocycles. The van der Waals surface area contributed by atoms with E-state index in [-0.39, 0.29) is 0 Å². The Morgan fingerprint density at radius 1 is 1.35 bits per heavy atom. The third-order valence-electron chi connectivity index (χ3n) is 3.54. The molecule has 1 aliphatic carbocycles. The fraction of sp³-hybridized carbons (Fsp3) is 0.600. The average molecular weight is 363 g/mol. The third-order valence-corrected chi connectivity index (χ3v) is 4.43. The van der Waals surface area contributed by atoms with Crippen molar-refractivity contribution in [2.75, 3.05) is 18.5 Å². The molecule has 3 nitrogen and oxygen atoms in total. The van der Waals surface area contributed by atoms with E-state index in [9.17, 15) is 5.11 Å². The van der Waals surface area contributed by atoms with E-state index in [0.717, 1.165) is 23.0 Å². The molecule has 0 saturated heterocycles. The number of rotatable bonds is 6. The van der Waals surface area contributed by atoms with Gasteiger partial charge in [0.2, 0.25) is 0 Å². The maximum absolute atomic E-state index is 9.96. The van der Waals surface area contributed by atoms with E-state index < -0.39 is 6.10 Å². The van der Waals surface area contributed by atoms with E-state index in [1.54, 1.807) is 0 Å². The Bertz CT molecular complexity index is 424. The van der Waals surface area contributed by atoms with Crippen LogP contribution in [-0.2, 0) is 4.74 Å². The summed E-state index contributed by atoms with van der Waals surface area (Å²) in [6, 6.07) is 5.54. The molecule has 0 aromatic heterocycles. The van der Waals surface area contributed by atoms with E-state index in [1.807, 2.05) is 18.2 Å². The number of halogens is 2. The third kappa shape index (κ3) is 5.24. The highest BCUT2D eigenvalue weighted by atomic mass is 79.9. The van der Waals surface area contributed by atoms with Gasteiger partial charge in [0.15, 0.2) is 0 Å². The minimum Gasteiger partial charge on any atom is -0.389 e. The summed E-state index contributed by atoms with van der Waals surface area (Å²) in [6.07, 6.45) is 5.90. The SMILES string of the molecule is OC(CNc1ccc(Cl)cc1Br)COC1CCCCC1. The normalized spacial score (nSPS) is 17.9. The quantitative estimate of drug-likeness (QED) is 0.796. The lowest BCUT2D eigenvalue weighted by atomic mass is 9.98. The van der Waals surface area contributed by atoms with Crippen LogP contribution in [0.5, 0.6) is 0 Å². The topological polar surface area (TPSA) is 41.5 Å². The zero-order valence-corrected chi connectivity index (χ0v) is 13.8. The first-order chi connectivity index (χ1) is 9.65. The van der Waals surface area contributed by atoms with Crippen LogP contribution in [0.1, 0.15) is 32.1 Å². The van der Waals surface area contributed by atoms with Gasteiger partial charge in [0.1, 0.15) is 0 Å². The highest BCUT2D eigenvalue weighted by molar-refractivity contribution is 9.10. The molecular weight excluding hydrogens is 342 g/mol. The second kappa shape index (κ2) is 8.23. The van der Waals surface area contributed by atoms with Crippen LogP contribution in [-0.4, -0.2) is 30.5 Å². The molecule has 2 rings (SSSR count). The lowest BCUT2D eigenvalue weighted by molar-refractivity contribution is -0.0195. The number of hydrogen-bond acceptors (Lipinski definition) is 3. The second-order valence-corrected chi connectivity index (χ2v) is 6.54. The average Bonchev–Trinajstić information content (AvgIpc) is 2.45. The molecule has 0 heterocycles. The summed E-state index contributed by atoms with van der Waals surface area (Å²) in [5, 5.41) is 13.8. The molecule has 0 spiro atoms. The van der Waals surface area contributed by atoms with Crippen molar-refractivity contribution < 1.29 is 9.84 Å². The Labute approximate surface area is 133 Å². The van der Waals surface area contributed by atoms with Gasteiger partial charge in [0, 0.05) is 21.7 Å². The molecule has 0 bridgehead atoms. The Morgan fingerprint density at radius 3 is 2.80 bits per heavy atom. The van der Waals surface area contributed by atoms with Gasteiger partial charge in [-0.3, -0.25) is 0 Å². The monoisotopic (exact) mass is 361 g/mol. The van der Waals surface area contributed by atoms with Gasteiger partial charge < -0.3 is 15.2 Å². The van der Waals surface area contributed by atoms with Gasteiger partial charge in [0.05, 0.1) is 18.8 Å². The van der Waals surface area contributed by atoms with Crippen molar-refractivity contribution in [3.63, 3.8) is 0 Å². The maximum atomic E-state index is 9.96. The number of nitrogens with one attached hydrogen (secondary N) is 1. The summed E-state index contributed by atoms with van der Waals surface area (Å²) in [7, 11) is 0. The first-order valence-electron chi connectivity index (χ1n) is 7.14. The lowest BCUT2D eigenvalue weighted by Gasteiger charge is -2.23. The van der Waals surface area contributed by atoms with Gasteiger partial charge in [-0.25, -0.2) is 0 Å². The molecule has 20 heavy (non-hydrogen) atoms. The number of anilines is 1. The zero-order valence-electron chi connectivity index (χ0n) is 11.4. The Hall–Kier alpha value is -0.290.